The molecule has 29 heavy (non-hydrogen) atoms. The molecular weight excluding hydrogens is 404 g/mol. The minimum atomic E-state index is -0.234. The topological polar surface area (TPSA) is 58.2 Å². The number of thioether (sulfide) groups is 1. The van der Waals surface area contributed by atoms with Crippen LogP contribution in [0.1, 0.15) is 21.5 Å². The fraction of sp³-hybridized carbons (Fsp3) is 0.130. The third-order valence-electron chi connectivity index (χ3n) is 4.34. The molecule has 0 heterocycles. The third-order valence-corrected chi connectivity index (χ3v) is 5.57. The number of benzene rings is 3. The van der Waals surface area contributed by atoms with Gasteiger partial charge in [-0.3, -0.25) is 9.59 Å². The van der Waals surface area contributed by atoms with Gasteiger partial charge in [0.05, 0.1) is 5.75 Å². The van der Waals surface area contributed by atoms with Crippen molar-refractivity contribution in [2.45, 2.75) is 18.7 Å². The average Bonchev–Trinajstić information content (AvgIpc) is 2.69. The summed E-state index contributed by atoms with van der Waals surface area (Å²) >= 11 is 7.35. The number of amides is 2. The van der Waals surface area contributed by atoms with E-state index in [1.807, 2.05) is 56.3 Å². The fourth-order valence-corrected chi connectivity index (χ4v) is 3.61. The molecule has 3 aromatic carbocycles. The van der Waals surface area contributed by atoms with Gasteiger partial charge in [0, 0.05) is 26.9 Å². The molecule has 0 bridgehead atoms. The lowest BCUT2D eigenvalue weighted by Crippen LogP contribution is -2.14. The molecule has 0 saturated heterocycles. The number of carbonyl (C=O) groups is 2. The molecule has 6 heteroatoms. The Labute approximate surface area is 179 Å². The van der Waals surface area contributed by atoms with Crippen LogP contribution in [-0.2, 0) is 4.79 Å². The van der Waals surface area contributed by atoms with E-state index in [1.165, 1.54) is 17.3 Å². The monoisotopic (exact) mass is 424 g/mol. The number of rotatable bonds is 6. The average molecular weight is 425 g/mol. The highest BCUT2D eigenvalue weighted by Crippen LogP contribution is 2.23. The smallest absolute Gasteiger partial charge is 0.255 e. The van der Waals surface area contributed by atoms with Crippen molar-refractivity contribution in [3.05, 3.63) is 88.4 Å². The Kier molecular flexibility index (Phi) is 6.96. The highest BCUT2D eigenvalue weighted by Gasteiger charge is 2.08. The number of halogens is 1. The van der Waals surface area contributed by atoms with Crippen LogP contribution in [0.15, 0.2) is 71.6 Å². The summed E-state index contributed by atoms with van der Waals surface area (Å²) in [5.74, 6) is -0.0349. The third kappa shape index (κ3) is 6.11. The molecule has 0 fully saturated rings. The SMILES string of the molecule is Cc1ccc(NC(=O)CSc2cccc(NC(=O)c3cccc(Cl)c3)c2)cc1C. The Balaban J connectivity index is 1.57. The number of carbonyl (C=O) groups excluding carboxylic acids is 2. The molecule has 0 radical (unpaired) electrons. The van der Waals surface area contributed by atoms with Crippen LogP contribution >= 0.6 is 23.4 Å². The van der Waals surface area contributed by atoms with Crippen LogP contribution in [0.5, 0.6) is 0 Å². The van der Waals surface area contributed by atoms with E-state index in [-0.39, 0.29) is 17.6 Å². The van der Waals surface area contributed by atoms with Crippen molar-refractivity contribution < 1.29 is 9.59 Å². The van der Waals surface area contributed by atoms with Crippen LogP contribution in [0.2, 0.25) is 5.02 Å². The van der Waals surface area contributed by atoms with Gasteiger partial charge in [-0.05, 0) is 73.5 Å². The van der Waals surface area contributed by atoms with E-state index in [0.29, 0.717) is 16.3 Å². The molecule has 2 N–H and O–H groups in total. The van der Waals surface area contributed by atoms with Crippen LogP contribution in [0.3, 0.4) is 0 Å². The molecule has 148 valence electrons. The van der Waals surface area contributed by atoms with Crippen molar-refractivity contribution in [3.63, 3.8) is 0 Å². The van der Waals surface area contributed by atoms with E-state index in [0.717, 1.165) is 16.1 Å². The summed E-state index contributed by atoms with van der Waals surface area (Å²) in [5.41, 5.74) is 4.27. The molecule has 0 atom stereocenters. The quantitative estimate of drug-likeness (QED) is 0.481. The molecule has 0 aliphatic rings. The lowest BCUT2D eigenvalue weighted by Gasteiger charge is -2.09. The molecule has 0 aliphatic heterocycles. The van der Waals surface area contributed by atoms with Crippen molar-refractivity contribution in [2.24, 2.45) is 0 Å². The van der Waals surface area contributed by atoms with E-state index < -0.39 is 0 Å². The summed E-state index contributed by atoms with van der Waals surface area (Å²) in [7, 11) is 0. The molecule has 0 unspecified atom stereocenters. The highest BCUT2D eigenvalue weighted by atomic mass is 35.5. The standard InChI is InChI=1S/C23H21ClN2O2S/c1-15-9-10-20(11-16(15)2)25-22(27)14-29-21-8-4-7-19(13-21)26-23(28)17-5-3-6-18(24)12-17/h3-13H,14H2,1-2H3,(H,25,27)(H,26,28). The fourth-order valence-electron chi connectivity index (χ4n) is 2.66. The molecular formula is C23H21ClN2O2S. The summed E-state index contributed by atoms with van der Waals surface area (Å²) < 4.78 is 0. The maximum atomic E-state index is 12.4. The van der Waals surface area contributed by atoms with Gasteiger partial charge in [0.2, 0.25) is 5.91 Å². The van der Waals surface area contributed by atoms with Gasteiger partial charge in [-0.1, -0.05) is 29.8 Å². The van der Waals surface area contributed by atoms with Crippen LogP contribution in [0, 0.1) is 13.8 Å². The first-order chi connectivity index (χ1) is 13.9. The summed E-state index contributed by atoms with van der Waals surface area (Å²) in [6, 6.07) is 20.0. The first-order valence-electron chi connectivity index (χ1n) is 9.07. The summed E-state index contributed by atoms with van der Waals surface area (Å²) in [5, 5.41) is 6.28. The Hall–Kier alpha value is -2.76. The lowest BCUT2D eigenvalue weighted by atomic mass is 10.1. The van der Waals surface area contributed by atoms with Crippen LogP contribution < -0.4 is 10.6 Å². The molecule has 3 rings (SSSR count). The molecule has 2 amide bonds. The van der Waals surface area contributed by atoms with Gasteiger partial charge in [0.1, 0.15) is 0 Å². The first kappa shape index (κ1) is 21.0. The Morgan fingerprint density at radius 2 is 1.62 bits per heavy atom. The van der Waals surface area contributed by atoms with Crippen molar-refractivity contribution in [1.82, 2.24) is 0 Å². The van der Waals surface area contributed by atoms with E-state index in [4.69, 9.17) is 11.6 Å². The number of nitrogens with one attached hydrogen (secondary N) is 2. The van der Waals surface area contributed by atoms with E-state index >= 15 is 0 Å². The zero-order chi connectivity index (χ0) is 20.8. The number of anilines is 2. The van der Waals surface area contributed by atoms with Crippen LogP contribution in [-0.4, -0.2) is 17.6 Å². The Morgan fingerprint density at radius 3 is 2.38 bits per heavy atom. The van der Waals surface area contributed by atoms with E-state index in [2.05, 4.69) is 10.6 Å². The number of hydrogen-bond acceptors (Lipinski definition) is 3. The van der Waals surface area contributed by atoms with Gasteiger partial charge >= 0.3 is 0 Å². The maximum Gasteiger partial charge on any atom is 0.255 e. The predicted octanol–water partition coefficient (Wildman–Crippen LogP) is 5.94. The number of aryl methyl sites for hydroxylation is 2. The highest BCUT2D eigenvalue weighted by molar-refractivity contribution is 8.00. The van der Waals surface area contributed by atoms with E-state index in [9.17, 15) is 9.59 Å². The van der Waals surface area contributed by atoms with Crippen LogP contribution in [0.4, 0.5) is 11.4 Å². The molecule has 0 aliphatic carbocycles. The molecule has 0 aromatic heterocycles. The molecule has 4 nitrogen and oxygen atoms in total. The van der Waals surface area contributed by atoms with Gasteiger partial charge in [-0.25, -0.2) is 0 Å². The van der Waals surface area contributed by atoms with Crippen molar-refractivity contribution >= 4 is 46.6 Å². The van der Waals surface area contributed by atoms with Gasteiger partial charge in [-0.15, -0.1) is 11.8 Å². The van der Waals surface area contributed by atoms with Gasteiger partial charge < -0.3 is 10.6 Å². The van der Waals surface area contributed by atoms with Gasteiger partial charge in [0.25, 0.3) is 5.91 Å². The number of hydrogen-bond donors (Lipinski definition) is 2. The minimum absolute atomic E-state index is 0.0772. The zero-order valence-electron chi connectivity index (χ0n) is 16.2. The largest absolute Gasteiger partial charge is 0.325 e. The van der Waals surface area contributed by atoms with Crippen LogP contribution in [0.25, 0.3) is 0 Å². The summed E-state index contributed by atoms with van der Waals surface area (Å²) in [6.45, 7) is 4.05. The van der Waals surface area contributed by atoms with Gasteiger partial charge in [-0.2, -0.15) is 0 Å². The van der Waals surface area contributed by atoms with Gasteiger partial charge in [0.15, 0.2) is 0 Å². The predicted molar refractivity (Wildman–Crippen MR) is 121 cm³/mol. The molecule has 0 spiro atoms. The molecule has 0 saturated carbocycles. The normalized spacial score (nSPS) is 10.4. The first-order valence-corrected chi connectivity index (χ1v) is 10.4. The summed E-state index contributed by atoms with van der Waals surface area (Å²) in [6.07, 6.45) is 0. The van der Waals surface area contributed by atoms with Crippen molar-refractivity contribution in [2.75, 3.05) is 16.4 Å². The van der Waals surface area contributed by atoms with Crippen molar-refractivity contribution in [3.8, 4) is 0 Å². The van der Waals surface area contributed by atoms with Crippen molar-refractivity contribution in [1.29, 1.82) is 0 Å². The molecule has 3 aromatic rings. The summed E-state index contributed by atoms with van der Waals surface area (Å²) in [4.78, 5) is 25.5. The second-order valence-corrected chi connectivity index (χ2v) is 8.11. The maximum absolute atomic E-state index is 12.4. The Bertz CT molecular complexity index is 1050. The second-order valence-electron chi connectivity index (χ2n) is 6.63. The minimum Gasteiger partial charge on any atom is -0.325 e. The Morgan fingerprint density at radius 1 is 0.862 bits per heavy atom. The second kappa shape index (κ2) is 9.63. The lowest BCUT2D eigenvalue weighted by molar-refractivity contribution is -0.113. The zero-order valence-corrected chi connectivity index (χ0v) is 17.7. The van der Waals surface area contributed by atoms with E-state index in [1.54, 1.807) is 24.3 Å².